The van der Waals surface area contributed by atoms with Crippen LogP contribution in [0.5, 0.6) is 0 Å². The highest BCUT2D eigenvalue weighted by Gasteiger charge is 2.66. The van der Waals surface area contributed by atoms with Crippen molar-refractivity contribution >= 4 is 16.9 Å². The minimum Gasteiger partial charge on any atom is -0.383 e. The van der Waals surface area contributed by atoms with Gasteiger partial charge in [0.25, 0.3) is 0 Å². The van der Waals surface area contributed by atoms with E-state index in [9.17, 15) is 4.39 Å². The molecule has 0 amide bonds. The van der Waals surface area contributed by atoms with E-state index >= 15 is 0 Å². The van der Waals surface area contributed by atoms with Crippen molar-refractivity contribution in [1.82, 2.24) is 4.98 Å². The van der Waals surface area contributed by atoms with Crippen molar-refractivity contribution in [2.45, 2.75) is 23.6 Å². The molecule has 1 aliphatic carbocycles. The lowest BCUT2D eigenvalue weighted by Crippen LogP contribution is -2.37. The molecule has 5 nitrogen and oxygen atoms in total. The second-order valence-corrected chi connectivity index (χ2v) is 8.88. The van der Waals surface area contributed by atoms with Crippen molar-refractivity contribution in [3.8, 4) is 17.9 Å². The Kier molecular flexibility index (Phi) is 4.82. The van der Waals surface area contributed by atoms with Gasteiger partial charge in [0.05, 0.1) is 22.5 Å². The van der Waals surface area contributed by atoms with E-state index in [1.54, 1.807) is 31.4 Å². The van der Waals surface area contributed by atoms with Crippen LogP contribution in [0.25, 0.3) is 0 Å². The molecule has 0 saturated heterocycles. The lowest BCUT2D eigenvalue weighted by atomic mass is 9.85. The van der Waals surface area contributed by atoms with Crippen molar-refractivity contribution in [2.75, 3.05) is 13.7 Å². The molecule has 1 aromatic heterocycles. The molecule has 0 bridgehead atoms. The summed E-state index contributed by atoms with van der Waals surface area (Å²) in [6, 6.07) is 10.2. The minimum absolute atomic E-state index is 0.143. The van der Waals surface area contributed by atoms with Crippen LogP contribution in [-0.2, 0) is 10.3 Å². The van der Waals surface area contributed by atoms with Crippen LogP contribution in [0.3, 0.4) is 0 Å². The lowest BCUT2D eigenvalue weighted by Gasteiger charge is -2.34. The number of fused-ring (bicyclic) bond motifs is 1. The van der Waals surface area contributed by atoms with Gasteiger partial charge >= 0.3 is 0 Å². The van der Waals surface area contributed by atoms with Gasteiger partial charge in [-0.25, -0.2) is 9.37 Å². The highest BCUT2D eigenvalue weighted by atomic mass is 32.2. The number of nitrogens with two attached hydrogens (primary N) is 1. The van der Waals surface area contributed by atoms with E-state index in [0.717, 1.165) is 6.42 Å². The third kappa shape index (κ3) is 3.48. The zero-order valence-electron chi connectivity index (χ0n) is 16.1. The molecule has 1 aromatic carbocycles. The zero-order valence-corrected chi connectivity index (χ0v) is 16.9. The number of ether oxygens (including phenoxy) is 1. The normalized spacial score (nSPS) is 27.1. The fourth-order valence-corrected chi connectivity index (χ4v) is 5.44. The maximum absolute atomic E-state index is 14.8. The van der Waals surface area contributed by atoms with Gasteiger partial charge in [0.15, 0.2) is 5.17 Å². The summed E-state index contributed by atoms with van der Waals surface area (Å²) >= 11 is 1.53. The van der Waals surface area contributed by atoms with E-state index in [2.05, 4.69) is 21.8 Å². The zero-order chi connectivity index (χ0) is 20.6. The Hall–Kier alpha value is -2.87. The maximum atomic E-state index is 14.8. The molecule has 1 aliphatic heterocycles. The first-order valence-corrected chi connectivity index (χ1v) is 9.93. The summed E-state index contributed by atoms with van der Waals surface area (Å²) < 4.78 is 20.1. The number of pyridine rings is 1. The molecule has 2 heterocycles. The summed E-state index contributed by atoms with van der Waals surface area (Å²) in [5.74, 6) is 5.80. The van der Waals surface area contributed by atoms with E-state index in [1.165, 1.54) is 24.0 Å². The van der Waals surface area contributed by atoms with Gasteiger partial charge in [-0.15, -0.1) is 0 Å². The van der Waals surface area contributed by atoms with Crippen molar-refractivity contribution in [2.24, 2.45) is 16.6 Å². The first-order valence-electron chi connectivity index (χ1n) is 9.12. The molecular weight excluding hydrogens is 387 g/mol. The largest absolute Gasteiger partial charge is 0.383 e. The highest BCUT2D eigenvalue weighted by Crippen LogP contribution is 2.65. The highest BCUT2D eigenvalue weighted by molar-refractivity contribution is 8.15. The standard InChI is InChI=1S/C22H19FN4OS/c1-21(19-10-22(19,13-28-2)29-20(25)27-21)17-9-14(5-8-18(17)23)3-6-16-7-4-15(11-24)12-26-16/h4-5,7-9,12,19H,10,13H2,1-2H3,(H2,25,27)/t19?,21-,22-/m1/s1. The van der Waals surface area contributed by atoms with Gasteiger partial charge in [0, 0.05) is 30.4 Å². The van der Waals surface area contributed by atoms with Crippen LogP contribution in [0.1, 0.15) is 35.7 Å². The summed E-state index contributed by atoms with van der Waals surface area (Å²) in [5.41, 5.74) is 7.51. The molecule has 3 atom stereocenters. The number of hydrogen-bond acceptors (Lipinski definition) is 6. The van der Waals surface area contributed by atoms with E-state index in [-0.39, 0.29) is 16.5 Å². The van der Waals surface area contributed by atoms with Crippen LogP contribution in [0.4, 0.5) is 4.39 Å². The number of thioether (sulfide) groups is 1. The number of hydrogen-bond donors (Lipinski definition) is 1. The monoisotopic (exact) mass is 406 g/mol. The molecule has 1 unspecified atom stereocenters. The van der Waals surface area contributed by atoms with Gasteiger partial charge in [0.1, 0.15) is 17.6 Å². The fraction of sp³-hybridized carbons (Fsp3) is 0.318. The third-order valence-electron chi connectivity index (χ3n) is 5.48. The lowest BCUT2D eigenvalue weighted by molar-refractivity contribution is 0.184. The Labute approximate surface area is 173 Å². The Morgan fingerprint density at radius 3 is 2.79 bits per heavy atom. The predicted molar refractivity (Wildman–Crippen MR) is 111 cm³/mol. The molecule has 0 spiro atoms. The average molecular weight is 406 g/mol. The van der Waals surface area contributed by atoms with Gasteiger partial charge in [0.2, 0.25) is 0 Å². The molecule has 1 fully saturated rings. The van der Waals surface area contributed by atoms with Crippen molar-refractivity contribution in [3.05, 3.63) is 64.7 Å². The van der Waals surface area contributed by atoms with Crippen LogP contribution in [-0.4, -0.2) is 28.6 Å². The van der Waals surface area contributed by atoms with Crippen molar-refractivity contribution < 1.29 is 9.13 Å². The minimum atomic E-state index is -0.762. The van der Waals surface area contributed by atoms with Crippen LogP contribution >= 0.6 is 11.8 Å². The molecule has 29 heavy (non-hydrogen) atoms. The summed E-state index contributed by atoms with van der Waals surface area (Å²) in [4.78, 5) is 8.79. The molecule has 4 rings (SSSR count). The maximum Gasteiger partial charge on any atom is 0.155 e. The van der Waals surface area contributed by atoms with Gasteiger partial charge in [-0.2, -0.15) is 5.26 Å². The summed E-state index contributed by atoms with van der Waals surface area (Å²) in [6.07, 6.45) is 2.34. The fourth-order valence-electron chi connectivity index (χ4n) is 3.99. The van der Waals surface area contributed by atoms with Gasteiger partial charge < -0.3 is 10.5 Å². The quantitative estimate of drug-likeness (QED) is 0.792. The molecular formula is C22H19FN4OS. The third-order valence-corrected chi connectivity index (χ3v) is 6.76. The Balaban J connectivity index is 1.68. The number of amidine groups is 1. The van der Waals surface area contributed by atoms with Crippen LogP contribution in [0, 0.1) is 34.9 Å². The smallest absolute Gasteiger partial charge is 0.155 e. The Morgan fingerprint density at radius 2 is 2.10 bits per heavy atom. The van der Waals surface area contributed by atoms with Crippen molar-refractivity contribution in [3.63, 3.8) is 0 Å². The van der Waals surface area contributed by atoms with E-state index in [1.807, 2.05) is 13.0 Å². The Bertz CT molecular complexity index is 1100. The summed E-state index contributed by atoms with van der Waals surface area (Å²) in [7, 11) is 1.66. The number of nitriles is 1. The molecule has 2 N–H and O–H groups in total. The van der Waals surface area contributed by atoms with Gasteiger partial charge in [-0.3, -0.25) is 4.99 Å². The number of methoxy groups -OCH3 is 1. The number of aromatic nitrogens is 1. The topological polar surface area (TPSA) is 84.3 Å². The second kappa shape index (κ2) is 7.18. The van der Waals surface area contributed by atoms with Crippen LogP contribution in [0.15, 0.2) is 41.5 Å². The van der Waals surface area contributed by atoms with E-state index in [0.29, 0.717) is 34.2 Å². The molecule has 2 aliphatic rings. The number of rotatable bonds is 3. The number of aliphatic imine (C=N–C) groups is 1. The second-order valence-electron chi connectivity index (χ2n) is 7.44. The molecule has 146 valence electrons. The molecule has 7 heteroatoms. The summed E-state index contributed by atoms with van der Waals surface area (Å²) in [6.45, 7) is 2.49. The van der Waals surface area contributed by atoms with Gasteiger partial charge in [-0.1, -0.05) is 17.7 Å². The summed E-state index contributed by atoms with van der Waals surface area (Å²) in [5, 5.41) is 9.30. The Morgan fingerprint density at radius 1 is 1.31 bits per heavy atom. The first-order chi connectivity index (χ1) is 13.9. The van der Waals surface area contributed by atoms with Crippen LogP contribution in [0.2, 0.25) is 0 Å². The predicted octanol–water partition coefficient (Wildman–Crippen LogP) is 3.17. The first kappa shape index (κ1) is 19.4. The number of halogens is 1. The SMILES string of the molecule is COC[C@]12CC1[C@@](C)(c1cc(C#Cc3ccc(C#N)cn3)ccc1F)N=C(N)S2. The van der Waals surface area contributed by atoms with E-state index < -0.39 is 5.54 Å². The van der Waals surface area contributed by atoms with Crippen molar-refractivity contribution in [1.29, 1.82) is 5.26 Å². The van der Waals surface area contributed by atoms with E-state index in [4.69, 9.17) is 15.7 Å². The molecule has 0 radical (unpaired) electrons. The molecule has 2 aromatic rings. The number of nitrogens with zero attached hydrogens (tertiary/aromatic N) is 3. The molecule has 1 saturated carbocycles. The number of benzene rings is 1. The average Bonchev–Trinajstić information content (AvgIpc) is 3.42. The van der Waals surface area contributed by atoms with Gasteiger partial charge in [-0.05, 0) is 49.6 Å². The van der Waals surface area contributed by atoms with Crippen LogP contribution < -0.4 is 5.73 Å².